The third-order valence-electron chi connectivity index (χ3n) is 7.15. The number of carbonyl (C=O) groups is 4. The van der Waals surface area contributed by atoms with Gasteiger partial charge in [-0.3, -0.25) is 19.2 Å². The van der Waals surface area contributed by atoms with E-state index in [0.29, 0.717) is 17.6 Å². The van der Waals surface area contributed by atoms with E-state index in [1.165, 1.54) is 24.6 Å². The summed E-state index contributed by atoms with van der Waals surface area (Å²) in [6.07, 6.45) is 3.18. The molecule has 194 valence electrons. The van der Waals surface area contributed by atoms with Gasteiger partial charge in [-0.25, -0.2) is 0 Å². The zero-order chi connectivity index (χ0) is 25.7. The van der Waals surface area contributed by atoms with Gasteiger partial charge in [-0.15, -0.1) is 0 Å². The molecule has 6 atom stereocenters. The summed E-state index contributed by atoms with van der Waals surface area (Å²) in [4.78, 5) is 46.3. The molecule has 0 radical (unpaired) electrons. The lowest BCUT2D eigenvalue weighted by Crippen LogP contribution is -2.49. The monoisotopic (exact) mass is 501 g/mol. The van der Waals surface area contributed by atoms with Crippen LogP contribution < -0.4 is 16.4 Å². The molecule has 2 aliphatic rings. The van der Waals surface area contributed by atoms with Gasteiger partial charge < -0.3 is 31.3 Å². The van der Waals surface area contributed by atoms with Crippen molar-refractivity contribution < 1.29 is 34.1 Å². The van der Waals surface area contributed by atoms with Gasteiger partial charge >= 0.3 is 11.9 Å². The van der Waals surface area contributed by atoms with Gasteiger partial charge in [0.1, 0.15) is 18.6 Å². The lowest BCUT2D eigenvalue weighted by atomic mass is 9.88. The zero-order valence-electron chi connectivity index (χ0n) is 20.5. The summed E-state index contributed by atoms with van der Waals surface area (Å²) in [5.74, 6) is -1.49. The van der Waals surface area contributed by atoms with Gasteiger partial charge in [0.25, 0.3) is 0 Å². The number of carboxylic acids is 2. The van der Waals surface area contributed by atoms with Crippen molar-refractivity contribution >= 4 is 35.5 Å². The van der Waals surface area contributed by atoms with Crippen molar-refractivity contribution in [3.63, 3.8) is 0 Å². The Hall–Kier alpha value is -1.85. The molecule has 2 fully saturated rings. The minimum Gasteiger partial charge on any atom is -0.480 e. The van der Waals surface area contributed by atoms with E-state index in [-0.39, 0.29) is 35.7 Å². The Kier molecular flexibility index (Phi) is 9.79. The van der Waals surface area contributed by atoms with Crippen LogP contribution in [0.4, 0.5) is 0 Å². The first-order chi connectivity index (χ1) is 15.8. The third kappa shape index (κ3) is 7.08. The van der Waals surface area contributed by atoms with Gasteiger partial charge in [-0.2, -0.15) is 11.8 Å². The van der Waals surface area contributed by atoms with E-state index in [9.17, 15) is 19.2 Å². The van der Waals surface area contributed by atoms with Gasteiger partial charge in [0.15, 0.2) is 0 Å². The topological polar surface area (TPSA) is 168 Å². The van der Waals surface area contributed by atoms with Crippen molar-refractivity contribution in [1.82, 2.24) is 10.6 Å². The fourth-order valence-corrected chi connectivity index (χ4v) is 6.17. The summed E-state index contributed by atoms with van der Waals surface area (Å²) < 4.78 is 6.57. The molecule has 0 heterocycles. The molecule has 0 bridgehead atoms. The number of hydrogen-bond donors (Lipinski definition) is 5. The normalized spacial score (nSPS) is 27.6. The van der Waals surface area contributed by atoms with Crippen LogP contribution in [-0.2, 0) is 23.9 Å². The second-order valence-corrected chi connectivity index (χ2v) is 11.3. The van der Waals surface area contributed by atoms with Crippen molar-refractivity contribution in [2.75, 3.05) is 18.1 Å². The van der Waals surface area contributed by atoms with Crippen LogP contribution in [-0.4, -0.2) is 75.8 Å². The SMILES string of the molecule is CC1CCC2C(C)(C)C2(OC(C)CSC[C@H](NC(=O)CC[C@H](N)C(=O)O)C(=O)NCC(=O)O)C1. The Morgan fingerprint density at radius 2 is 1.85 bits per heavy atom. The highest BCUT2D eigenvalue weighted by molar-refractivity contribution is 7.99. The second-order valence-electron chi connectivity index (χ2n) is 10.2. The minimum absolute atomic E-state index is 0.0495. The number of carboxylic acid groups (broad SMARTS) is 2. The molecular formula is C23H39N3O7S. The van der Waals surface area contributed by atoms with Crippen LogP contribution in [0.25, 0.3) is 0 Å². The molecule has 2 rings (SSSR count). The first-order valence-electron chi connectivity index (χ1n) is 11.8. The molecule has 6 N–H and O–H groups in total. The Balaban J connectivity index is 1.88. The van der Waals surface area contributed by atoms with E-state index in [2.05, 4.69) is 31.4 Å². The number of amides is 2. The summed E-state index contributed by atoms with van der Waals surface area (Å²) in [7, 11) is 0. The molecule has 11 heteroatoms. The average molecular weight is 502 g/mol. The Bertz CT molecular complexity index is 778. The van der Waals surface area contributed by atoms with E-state index in [1.807, 2.05) is 6.92 Å². The highest BCUT2D eigenvalue weighted by atomic mass is 32.2. The van der Waals surface area contributed by atoms with Crippen LogP contribution in [0.15, 0.2) is 0 Å². The third-order valence-corrected chi connectivity index (χ3v) is 8.43. The van der Waals surface area contributed by atoms with Crippen molar-refractivity contribution in [1.29, 1.82) is 0 Å². The molecular weight excluding hydrogens is 462 g/mol. The second kappa shape index (κ2) is 11.7. The van der Waals surface area contributed by atoms with Crippen molar-refractivity contribution in [2.45, 2.75) is 83.6 Å². The molecule has 34 heavy (non-hydrogen) atoms. The van der Waals surface area contributed by atoms with Crippen molar-refractivity contribution in [2.24, 2.45) is 23.0 Å². The summed E-state index contributed by atoms with van der Waals surface area (Å²) in [6, 6.07) is -2.13. The molecule has 0 aromatic carbocycles. The molecule has 4 unspecified atom stereocenters. The van der Waals surface area contributed by atoms with E-state index < -0.39 is 42.4 Å². The maximum absolute atomic E-state index is 12.4. The fraction of sp³-hybridized carbons (Fsp3) is 0.826. The molecule has 2 saturated carbocycles. The molecule has 2 amide bonds. The predicted molar refractivity (Wildman–Crippen MR) is 128 cm³/mol. The number of fused-ring (bicyclic) bond motifs is 1. The number of hydrogen-bond acceptors (Lipinski definition) is 7. The minimum atomic E-state index is -1.21. The molecule has 0 aliphatic heterocycles. The van der Waals surface area contributed by atoms with E-state index >= 15 is 0 Å². The Morgan fingerprint density at radius 1 is 1.18 bits per heavy atom. The van der Waals surface area contributed by atoms with Crippen LogP contribution in [0.3, 0.4) is 0 Å². The van der Waals surface area contributed by atoms with Gasteiger partial charge in [0.05, 0.1) is 11.7 Å². The van der Waals surface area contributed by atoms with Crippen LogP contribution in [0.5, 0.6) is 0 Å². The first kappa shape index (κ1) is 28.4. The van der Waals surface area contributed by atoms with E-state index in [4.69, 9.17) is 20.7 Å². The smallest absolute Gasteiger partial charge is 0.322 e. The maximum Gasteiger partial charge on any atom is 0.322 e. The standard InChI is InChI=1S/C23H39N3O7S/c1-13-5-7-17-22(3,4)23(17,9-13)33-14(2)11-34-12-16(20(30)25-10-19(28)29)26-18(27)8-6-15(24)21(31)32/h13-17H,5-12,24H2,1-4H3,(H,25,30)(H,26,27)(H,28,29)(H,31,32)/t13?,14?,15-,16-,17?,23?/m0/s1. The largest absolute Gasteiger partial charge is 0.480 e. The van der Waals surface area contributed by atoms with Crippen LogP contribution in [0.2, 0.25) is 0 Å². The molecule has 0 aromatic rings. The van der Waals surface area contributed by atoms with Gasteiger partial charge in [-0.05, 0) is 43.4 Å². The van der Waals surface area contributed by atoms with Gasteiger partial charge in [0.2, 0.25) is 11.8 Å². The predicted octanol–water partition coefficient (Wildman–Crippen LogP) is 1.22. The number of rotatable bonds is 14. The molecule has 2 aliphatic carbocycles. The highest BCUT2D eigenvalue weighted by Crippen LogP contribution is 2.71. The average Bonchev–Trinajstić information content (AvgIpc) is 3.21. The summed E-state index contributed by atoms with van der Waals surface area (Å²) in [6.45, 7) is 8.25. The molecule has 0 aromatic heterocycles. The summed E-state index contributed by atoms with van der Waals surface area (Å²) >= 11 is 1.44. The van der Waals surface area contributed by atoms with Crippen molar-refractivity contribution in [3.05, 3.63) is 0 Å². The maximum atomic E-state index is 12.4. The Labute approximate surface area is 205 Å². The number of thioether (sulfide) groups is 1. The van der Waals surface area contributed by atoms with Crippen molar-refractivity contribution in [3.8, 4) is 0 Å². The summed E-state index contributed by atoms with van der Waals surface area (Å²) in [5.41, 5.74) is 5.48. The lowest BCUT2D eigenvalue weighted by Gasteiger charge is -2.31. The number of ether oxygens (including phenoxy) is 1. The quantitative estimate of drug-likeness (QED) is 0.235. The van der Waals surface area contributed by atoms with Gasteiger partial charge in [0, 0.05) is 17.9 Å². The van der Waals surface area contributed by atoms with E-state index in [0.717, 1.165) is 6.42 Å². The highest BCUT2D eigenvalue weighted by Gasteiger charge is 2.73. The fourth-order valence-electron chi connectivity index (χ4n) is 5.17. The van der Waals surface area contributed by atoms with Crippen LogP contribution in [0, 0.1) is 17.3 Å². The molecule has 10 nitrogen and oxygen atoms in total. The van der Waals surface area contributed by atoms with Gasteiger partial charge in [-0.1, -0.05) is 27.2 Å². The first-order valence-corrected chi connectivity index (χ1v) is 13.0. The van der Waals surface area contributed by atoms with E-state index in [1.54, 1.807) is 0 Å². The summed E-state index contributed by atoms with van der Waals surface area (Å²) in [5, 5.41) is 22.5. The number of carbonyl (C=O) groups excluding carboxylic acids is 2. The Morgan fingerprint density at radius 3 is 2.47 bits per heavy atom. The zero-order valence-corrected chi connectivity index (χ0v) is 21.3. The number of nitrogens with two attached hydrogens (primary N) is 1. The number of aliphatic carboxylic acids is 2. The van der Waals surface area contributed by atoms with Crippen LogP contribution in [0.1, 0.15) is 59.8 Å². The lowest BCUT2D eigenvalue weighted by molar-refractivity contribution is -0.139. The molecule has 0 saturated heterocycles. The molecule has 0 spiro atoms. The number of nitrogens with one attached hydrogen (secondary N) is 2. The van der Waals surface area contributed by atoms with Crippen LogP contribution >= 0.6 is 11.8 Å².